The SMILES string of the molecule is CCCOc1ccc(CC2=NOC3(CCN(C)CC34CC4)N2Cc2ccn(C)n2)cc1. The molecule has 2 fully saturated rings. The summed E-state index contributed by atoms with van der Waals surface area (Å²) in [5.74, 6) is 1.92. The summed E-state index contributed by atoms with van der Waals surface area (Å²) in [5, 5.41) is 9.34. The first-order valence-electron chi connectivity index (χ1n) is 11.5. The van der Waals surface area contributed by atoms with E-state index < -0.39 is 0 Å². The van der Waals surface area contributed by atoms with Gasteiger partial charge in [0.2, 0.25) is 5.72 Å². The van der Waals surface area contributed by atoms with Crippen LogP contribution in [-0.2, 0) is 24.9 Å². The molecule has 1 aromatic carbocycles. The molecule has 1 aliphatic carbocycles. The number of benzene rings is 1. The molecule has 5 rings (SSSR count). The molecule has 31 heavy (non-hydrogen) atoms. The number of amidine groups is 1. The Balaban J connectivity index is 1.40. The van der Waals surface area contributed by atoms with Crippen molar-refractivity contribution in [2.45, 2.75) is 51.3 Å². The van der Waals surface area contributed by atoms with Gasteiger partial charge in [-0.25, -0.2) is 0 Å². The summed E-state index contributed by atoms with van der Waals surface area (Å²) in [6.45, 7) is 5.68. The highest BCUT2D eigenvalue weighted by atomic mass is 16.7. The molecule has 1 saturated heterocycles. The van der Waals surface area contributed by atoms with Crippen molar-refractivity contribution in [1.29, 1.82) is 0 Å². The van der Waals surface area contributed by atoms with Gasteiger partial charge in [0.25, 0.3) is 0 Å². The maximum Gasteiger partial charge on any atom is 0.219 e. The van der Waals surface area contributed by atoms with Gasteiger partial charge in [-0.3, -0.25) is 4.68 Å². The van der Waals surface area contributed by atoms with Gasteiger partial charge in [-0.1, -0.05) is 24.2 Å². The highest BCUT2D eigenvalue weighted by Crippen LogP contribution is 2.62. The average Bonchev–Trinajstić information content (AvgIpc) is 3.29. The minimum Gasteiger partial charge on any atom is -0.494 e. The van der Waals surface area contributed by atoms with E-state index in [0.29, 0.717) is 0 Å². The predicted octanol–water partition coefficient (Wildman–Crippen LogP) is 3.41. The molecule has 166 valence electrons. The van der Waals surface area contributed by atoms with E-state index in [1.54, 1.807) is 0 Å². The quantitative estimate of drug-likeness (QED) is 0.683. The van der Waals surface area contributed by atoms with Crippen LogP contribution < -0.4 is 4.74 Å². The van der Waals surface area contributed by atoms with Gasteiger partial charge in [0.15, 0.2) is 5.84 Å². The summed E-state index contributed by atoms with van der Waals surface area (Å²) in [6.07, 6.45) is 7.12. The minimum absolute atomic E-state index is 0.165. The smallest absolute Gasteiger partial charge is 0.219 e. The molecule has 7 heteroatoms. The van der Waals surface area contributed by atoms with Crippen molar-refractivity contribution in [3.05, 3.63) is 47.8 Å². The summed E-state index contributed by atoms with van der Waals surface area (Å²) >= 11 is 0. The molecule has 0 amide bonds. The first-order chi connectivity index (χ1) is 15.0. The number of hydrogen-bond acceptors (Lipinski definition) is 6. The van der Waals surface area contributed by atoms with Gasteiger partial charge in [-0.05, 0) is 50.1 Å². The van der Waals surface area contributed by atoms with Crippen LogP contribution in [0.3, 0.4) is 0 Å². The zero-order chi connectivity index (χ0) is 21.5. The van der Waals surface area contributed by atoms with Crippen LogP contribution in [0.25, 0.3) is 0 Å². The number of rotatable bonds is 7. The molecule has 2 spiro atoms. The second-order valence-corrected chi connectivity index (χ2v) is 9.39. The van der Waals surface area contributed by atoms with Gasteiger partial charge in [0.05, 0.1) is 18.8 Å². The van der Waals surface area contributed by atoms with Crippen LogP contribution in [0, 0.1) is 5.41 Å². The molecule has 1 saturated carbocycles. The lowest BCUT2D eigenvalue weighted by Gasteiger charge is -2.48. The molecule has 3 heterocycles. The van der Waals surface area contributed by atoms with Crippen molar-refractivity contribution in [2.75, 3.05) is 26.7 Å². The molecule has 0 radical (unpaired) electrons. The topological polar surface area (TPSA) is 55.1 Å². The van der Waals surface area contributed by atoms with E-state index in [1.807, 2.05) is 17.9 Å². The number of piperidine rings is 1. The van der Waals surface area contributed by atoms with E-state index in [2.05, 4.69) is 64.4 Å². The van der Waals surface area contributed by atoms with Crippen LogP contribution >= 0.6 is 0 Å². The van der Waals surface area contributed by atoms with Crippen molar-refractivity contribution < 1.29 is 9.57 Å². The Morgan fingerprint density at radius 1 is 1.10 bits per heavy atom. The van der Waals surface area contributed by atoms with E-state index >= 15 is 0 Å². The second kappa shape index (κ2) is 7.86. The lowest BCUT2D eigenvalue weighted by molar-refractivity contribution is -0.183. The van der Waals surface area contributed by atoms with Crippen LogP contribution in [0.1, 0.15) is 43.9 Å². The zero-order valence-corrected chi connectivity index (χ0v) is 18.9. The third-order valence-electron chi connectivity index (χ3n) is 6.98. The Kier molecular flexibility index (Phi) is 5.16. The van der Waals surface area contributed by atoms with Crippen molar-refractivity contribution >= 4 is 5.84 Å². The minimum atomic E-state index is -0.351. The van der Waals surface area contributed by atoms with Crippen LogP contribution in [0.5, 0.6) is 5.75 Å². The van der Waals surface area contributed by atoms with Crippen molar-refractivity contribution in [3.8, 4) is 5.75 Å². The molecular weight excluding hydrogens is 390 g/mol. The summed E-state index contributed by atoms with van der Waals surface area (Å²) in [5.41, 5.74) is 2.08. The maximum absolute atomic E-state index is 6.39. The molecular formula is C24H33N5O2. The summed E-state index contributed by atoms with van der Waals surface area (Å²) in [6, 6.07) is 10.5. The van der Waals surface area contributed by atoms with Crippen LogP contribution in [0.2, 0.25) is 0 Å². The zero-order valence-electron chi connectivity index (χ0n) is 18.9. The normalized spacial score (nSPS) is 24.5. The van der Waals surface area contributed by atoms with E-state index in [1.165, 1.54) is 18.4 Å². The first kappa shape index (κ1) is 20.4. The van der Waals surface area contributed by atoms with Crippen LogP contribution in [0.4, 0.5) is 0 Å². The third kappa shape index (κ3) is 3.69. The fourth-order valence-electron chi connectivity index (χ4n) is 5.19. The Hall–Kier alpha value is -2.54. The van der Waals surface area contributed by atoms with Crippen LogP contribution in [-0.4, -0.2) is 57.9 Å². The predicted molar refractivity (Wildman–Crippen MR) is 120 cm³/mol. The standard InChI is InChI=1S/C24H33N5O2/c1-4-15-30-21-7-5-19(6-8-21)16-22-26-31-24(12-14-27(2)18-23(24)10-11-23)29(22)17-20-9-13-28(3)25-20/h5-9,13H,4,10-12,14-18H2,1-3H3. The molecule has 0 bridgehead atoms. The fraction of sp³-hybridized carbons (Fsp3) is 0.583. The molecule has 7 nitrogen and oxygen atoms in total. The first-order valence-corrected chi connectivity index (χ1v) is 11.5. The number of fused-ring (bicyclic) bond motifs is 1. The van der Waals surface area contributed by atoms with Crippen molar-refractivity contribution in [1.82, 2.24) is 19.6 Å². The maximum atomic E-state index is 6.39. The molecule has 2 aliphatic heterocycles. The van der Waals surface area contributed by atoms with Crippen molar-refractivity contribution in [2.24, 2.45) is 17.6 Å². The van der Waals surface area contributed by atoms with E-state index in [9.17, 15) is 0 Å². The molecule has 3 aliphatic rings. The number of hydrogen-bond donors (Lipinski definition) is 0. The fourth-order valence-corrected chi connectivity index (χ4v) is 5.19. The van der Waals surface area contributed by atoms with E-state index in [0.717, 1.165) is 62.8 Å². The molecule has 1 atom stereocenters. The van der Waals surface area contributed by atoms with Gasteiger partial charge in [-0.15, -0.1) is 0 Å². The lowest BCUT2D eigenvalue weighted by Crippen LogP contribution is -2.61. The molecule has 2 aromatic rings. The number of likely N-dealkylation sites (tertiary alicyclic amines) is 1. The van der Waals surface area contributed by atoms with Gasteiger partial charge in [-0.2, -0.15) is 5.10 Å². The summed E-state index contributed by atoms with van der Waals surface area (Å²) in [4.78, 5) is 11.3. The van der Waals surface area contributed by atoms with Gasteiger partial charge in [0, 0.05) is 44.6 Å². The van der Waals surface area contributed by atoms with E-state index in [4.69, 9.17) is 9.57 Å². The average molecular weight is 424 g/mol. The highest BCUT2D eigenvalue weighted by molar-refractivity contribution is 5.86. The third-order valence-corrected chi connectivity index (χ3v) is 6.98. The molecule has 1 unspecified atom stereocenters. The number of aromatic nitrogens is 2. The number of aryl methyl sites for hydroxylation is 1. The molecule has 1 aromatic heterocycles. The number of oxime groups is 1. The number of ether oxygens (including phenoxy) is 1. The summed E-state index contributed by atoms with van der Waals surface area (Å²) in [7, 11) is 4.18. The van der Waals surface area contributed by atoms with Gasteiger partial charge >= 0.3 is 0 Å². The van der Waals surface area contributed by atoms with Crippen molar-refractivity contribution in [3.63, 3.8) is 0 Å². The Labute approximate surface area is 184 Å². The Morgan fingerprint density at radius 3 is 2.58 bits per heavy atom. The Bertz CT molecular complexity index is 949. The second-order valence-electron chi connectivity index (χ2n) is 9.39. The largest absolute Gasteiger partial charge is 0.494 e. The van der Waals surface area contributed by atoms with Crippen LogP contribution in [0.15, 0.2) is 41.7 Å². The number of nitrogens with zero attached hydrogens (tertiary/aromatic N) is 5. The summed E-state index contributed by atoms with van der Waals surface area (Å²) < 4.78 is 7.61. The van der Waals surface area contributed by atoms with Gasteiger partial charge in [0.1, 0.15) is 5.75 Å². The van der Waals surface area contributed by atoms with E-state index in [-0.39, 0.29) is 11.1 Å². The monoisotopic (exact) mass is 423 g/mol. The van der Waals surface area contributed by atoms with Gasteiger partial charge < -0.3 is 19.4 Å². The molecule has 0 N–H and O–H groups in total. The highest BCUT2D eigenvalue weighted by Gasteiger charge is 2.68. The Morgan fingerprint density at radius 2 is 1.90 bits per heavy atom. The lowest BCUT2D eigenvalue weighted by atomic mass is 9.83.